The second kappa shape index (κ2) is 5.46. The molecule has 1 aliphatic rings. The Morgan fingerprint density at radius 3 is 2.95 bits per heavy atom. The van der Waals surface area contributed by atoms with Crippen LogP contribution in [0.2, 0.25) is 0 Å². The van der Waals surface area contributed by atoms with E-state index in [2.05, 4.69) is 5.16 Å². The number of hydrogen-bond acceptors (Lipinski definition) is 4. The normalized spacial score (nSPS) is 18.4. The summed E-state index contributed by atoms with van der Waals surface area (Å²) in [6.07, 6.45) is 1.76. The van der Waals surface area contributed by atoms with Gasteiger partial charge in [-0.2, -0.15) is 0 Å². The third kappa shape index (κ3) is 2.32. The van der Waals surface area contributed by atoms with Crippen molar-refractivity contribution in [3.63, 3.8) is 0 Å². The van der Waals surface area contributed by atoms with Gasteiger partial charge in [-0.15, -0.1) is 0 Å². The van der Waals surface area contributed by atoms with Crippen LogP contribution in [-0.2, 0) is 0 Å². The molecule has 1 aliphatic heterocycles. The van der Waals surface area contributed by atoms with Crippen LogP contribution in [0, 0.1) is 0 Å². The fourth-order valence-corrected chi connectivity index (χ4v) is 2.55. The average molecular weight is 272 g/mol. The van der Waals surface area contributed by atoms with E-state index in [0.29, 0.717) is 18.0 Å². The van der Waals surface area contributed by atoms with Crippen molar-refractivity contribution in [2.45, 2.75) is 18.9 Å². The summed E-state index contributed by atoms with van der Waals surface area (Å²) in [4.78, 5) is 14.0. The molecule has 0 radical (unpaired) electrons. The van der Waals surface area contributed by atoms with Crippen LogP contribution in [0.25, 0.3) is 11.3 Å². The Morgan fingerprint density at radius 1 is 1.40 bits per heavy atom. The summed E-state index contributed by atoms with van der Waals surface area (Å²) in [7, 11) is 0. The maximum Gasteiger partial charge on any atom is 0.276 e. The predicted octanol–water partition coefficient (Wildman–Crippen LogP) is 1.94. The molecule has 1 atom stereocenters. The number of hydrogen-bond donors (Lipinski definition) is 1. The van der Waals surface area contributed by atoms with Crippen LogP contribution in [0.15, 0.2) is 40.9 Å². The molecule has 0 bridgehead atoms. The van der Waals surface area contributed by atoms with Crippen LogP contribution < -0.4 is 0 Å². The van der Waals surface area contributed by atoms with Gasteiger partial charge in [0.2, 0.25) is 0 Å². The second-order valence-electron chi connectivity index (χ2n) is 4.92. The maximum atomic E-state index is 12.4. The Hall–Kier alpha value is -2.14. The number of benzene rings is 1. The smallest absolute Gasteiger partial charge is 0.276 e. The summed E-state index contributed by atoms with van der Waals surface area (Å²) in [5.41, 5.74) is 1.18. The number of amides is 1. The average Bonchev–Trinajstić information content (AvgIpc) is 3.16. The van der Waals surface area contributed by atoms with Gasteiger partial charge in [-0.1, -0.05) is 35.5 Å². The minimum atomic E-state index is -0.174. The van der Waals surface area contributed by atoms with Crippen LogP contribution in [0.3, 0.4) is 0 Å². The highest BCUT2D eigenvalue weighted by molar-refractivity contribution is 5.93. The standard InChI is InChI=1S/C15H16N2O3/c18-10-12-7-4-8-17(12)15(19)13-9-14(20-16-13)11-5-2-1-3-6-11/h1-3,5-6,9,12,18H,4,7-8,10H2/t12-/m1/s1. The fourth-order valence-electron chi connectivity index (χ4n) is 2.55. The summed E-state index contributed by atoms with van der Waals surface area (Å²) in [6.45, 7) is 0.659. The van der Waals surface area contributed by atoms with Crippen molar-refractivity contribution in [1.29, 1.82) is 0 Å². The number of likely N-dealkylation sites (tertiary alicyclic amines) is 1. The zero-order chi connectivity index (χ0) is 13.9. The molecule has 1 aromatic carbocycles. The molecule has 1 aromatic heterocycles. The number of carbonyl (C=O) groups is 1. The van der Waals surface area contributed by atoms with Crippen LogP contribution in [0.5, 0.6) is 0 Å². The Bertz CT molecular complexity index is 594. The molecule has 2 heterocycles. The molecular weight excluding hydrogens is 256 g/mol. The van der Waals surface area contributed by atoms with Gasteiger partial charge in [-0.25, -0.2) is 0 Å². The Balaban J connectivity index is 1.82. The number of rotatable bonds is 3. The van der Waals surface area contributed by atoms with Crippen LogP contribution >= 0.6 is 0 Å². The van der Waals surface area contributed by atoms with E-state index >= 15 is 0 Å². The molecule has 1 saturated heterocycles. The molecule has 0 aliphatic carbocycles. The molecule has 5 heteroatoms. The number of nitrogens with zero attached hydrogens (tertiary/aromatic N) is 2. The number of aliphatic hydroxyl groups excluding tert-OH is 1. The molecule has 1 fully saturated rings. The molecule has 20 heavy (non-hydrogen) atoms. The molecular formula is C15H16N2O3. The van der Waals surface area contributed by atoms with E-state index in [-0.39, 0.29) is 18.6 Å². The maximum absolute atomic E-state index is 12.4. The molecule has 0 unspecified atom stereocenters. The van der Waals surface area contributed by atoms with E-state index in [9.17, 15) is 9.90 Å². The molecule has 0 spiro atoms. The van der Waals surface area contributed by atoms with E-state index in [1.165, 1.54) is 0 Å². The van der Waals surface area contributed by atoms with Gasteiger partial charge >= 0.3 is 0 Å². The van der Waals surface area contributed by atoms with Crippen molar-refractivity contribution < 1.29 is 14.4 Å². The predicted molar refractivity (Wildman–Crippen MR) is 73.1 cm³/mol. The lowest BCUT2D eigenvalue weighted by atomic mass is 10.1. The third-order valence-electron chi connectivity index (χ3n) is 3.64. The summed E-state index contributed by atoms with van der Waals surface area (Å²) < 4.78 is 5.24. The number of aromatic nitrogens is 1. The van der Waals surface area contributed by atoms with Crippen LogP contribution in [-0.4, -0.2) is 40.3 Å². The van der Waals surface area contributed by atoms with Gasteiger partial charge in [0.15, 0.2) is 11.5 Å². The van der Waals surface area contributed by atoms with Gasteiger partial charge in [0.1, 0.15) is 0 Å². The van der Waals surface area contributed by atoms with E-state index in [0.717, 1.165) is 18.4 Å². The molecule has 3 rings (SSSR count). The highest BCUT2D eigenvalue weighted by atomic mass is 16.5. The fraction of sp³-hybridized carbons (Fsp3) is 0.333. The molecule has 0 saturated carbocycles. The molecule has 1 amide bonds. The highest BCUT2D eigenvalue weighted by Crippen LogP contribution is 2.23. The number of carbonyl (C=O) groups excluding carboxylic acids is 1. The molecule has 1 N–H and O–H groups in total. The lowest BCUT2D eigenvalue weighted by Gasteiger charge is -2.21. The topological polar surface area (TPSA) is 66.6 Å². The van der Waals surface area contributed by atoms with Crippen molar-refractivity contribution in [1.82, 2.24) is 10.1 Å². The van der Waals surface area contributed by atoms with Crippen molar-refractivity contribution >= 4 is 5.91 Å². The highest BCUT2D eigenvalue weighted by Gasteiger charge is 2.30. The van der Waals surface area contributed by atoms with Crippen molar-refractivity contribution in [2.24, 2.45) is 0 Å². The first-order valence-corrected chi connectivity index (χ1v) is 6.73. The molecule has 5 nitrogen and oxygen atoms in total. The Labute approximate surface area is 116 Å². The van der Waals surface area contributed by atoms with E-state index in [4.69, 9.17) is 4.52 Å². The third-order valence-corrected chi connectivity index (χ3v) is 3.64. The monoisotopic (exact) mass is 272 g/mol. The SMILES string of the molecule is O=C(c1cc(-c2ccccc2)on1)N1CCC[C@@H]1CO. The van der Waals surface area contributed by atoms with Crippen LogP contribution in [0.1, 0.15) is 23.3 Å². The van der Waals surface area contributed by atoms with Crippen LogP contribution in [0.4, 0.5) is 0 Å². The van der Waals surface area contributed by atoms with Crippen molar-refractivity contribution in [3.05, 3.63) is 42.1 Å². The van der Waals surface area contributed by atoms with Gasteiger partial charge in [0.05, 0.1) is 12.6 Å². The molecule has 104 valence electrons. The van der Waals surface area contributed by atoms with Gasteiger partial charge < -0.3 is 14.5 Å². The van der Waals surface area contributed by atoms with Gasteiger partial charge in [0.25, 0.3) is 5.91 Å². The first kappa shape index (κ1) is 12.9. The summed E-state index contributed by atoms with van der Waals surface area (Å²) in [5, 5.41) is 13.1. The quantitative estimate of drug-likeness (QED) is 0.927. The van der Waals surface area contributed by atoms with E-state index in [1.807, 2.05) is 30.3 Å². The van der Waals surface area contributed by atoms with Gasteiger partial charge in [-0.05, 0) is 12.8 Å². The Morgan fingerprint density at radius 2 is 2.20 bits per heavy atom. The van der Waals surface area contributed by atoms with Crippen molar-refractivity contribution in [3.8, 4) is 11.3 Å². The van der Waals surface area contributed by atoms with Gasteiger partial charge in [0, 0.05) is 18.2 Å². The zero-order valence-corrected chi connectivity index (χ0v) is 11.0. The number of aliphatic hydroxyl groups is 1. The lowest BCUT2D eigenvalue weighted by molar-refractivity contribution is 0.0667. The summed E-state index contributed by atoms with van der Waals surface area (Å²) in [5.74, 6) is 0.404. The Kier molecular flexibility index (Phi) is 3.52. The first-order valence-electron chi connectivity index (χ1n) is 6.73. The minimum Gasteiger partial charge on any atom is -0.394 e. The lowest BCUT2D eigenvalue weighted by Crippen LogP contribution is -2.37. The molecule has 2 aromatic rings. The van der Waals surface area contributed by atoms with Gasteiger partial charge in [-0.3, -0.25) is 4.79 Å². The zero-order valence-electron chi connectivity index (χ0n) is 11.0. The summed E-state index contributed by atoms with van der Waals surface area (Å²) in [6, 6.07) is 11.1. The van der Waals surface area contributed by atoms with E-state index in [1.54, 1.807) is 11.0 Å². The summed E-state index contributed by atoms with van der Waals surface area (Å²) >= 11 is 0. The largest absolute Gasteiger partial charge is 0.394 e. The first-order chi connectivity index (χ1) is 9.79. The second-order valence-corrected chi connectivity index (χ2v) is 4.92. The van der Waals surface area contributed by atoms with Crippen molar-refractivity contribution in [2.75, 3.05) is 13.2 Å². The van der Waals surface area contributed by atoms with E-state index < -0.39 is 0 Å². The minimum absolute atomic E-state index is 0.00483.